The lowest BCUT2D eigenvalue weighted by Crippen LogP contribution is -1.96. The number of hydrogen-bond donors (Lipinski definition) is 0. The average molecular weight is 790 g/mol. The summed E-state index contributed by atoms with van der Waals surface area (Å²) in [6.45, 7) is 0. The highest BCUT2D eigenvalue weighted by molar-refractivity contribution is 6.13. The number of pyridine rings is 1. The van der Waals surface area contributed by atoms with Crippen LogP contribution in [0.1, 0.15) is 0 Å². The fraction of sp³-hybridized carbons (Fsp3) is 0. The van der Waals surface area contributed by atoms with Gasteiger partial charge in [-0.15, -0.1) is 0 Å². The van der Waals surface area contributed by atoms with E-state index in [1.807, 2.05) is 12.1 Å². The molecule has 0 unspecified atom stereocenters. The van der Waals surface area contributed by atoms with Gasteiger partial charge in [-0.05, 0) is 79.5 Å². The van der Waals surface area contributed by atoms with E-state index in [4.69, 9.17) is 15.0 Å². The van der Waals surface area contributed by atoms with E-state index in [2.05, 4.69) is 224 Å². The monoisotopic (exact) mass is 789 g/mol. The van der Waals surface area contributed by atoms with Crippen molar-refractivity contribution in [3.8, 4) is 89.7 Å². The van der Waals surface area contributed by atoms with Crippen molar-refractivity contribution in [2.24, 2.45) is 0 Å². The van der Waals surface area contributed by atoms with Gasteiger partial charge in [0.2, 0.25) is 0 Å². The predicted molar refractivity (Wildman–Crippen MR) is 258 cm³/mol. The number of aromatic nitrogens is 3. The zero-order chi connectivity index (χ0) is 41.2. The normalized spacial score (nSPS) is 11.2. The average Bonchev–Trinajstić information content (AvgIpc) is 3.37. The SMILES string of the molecule is c1ccc(-c2ccc(-c3cc(-c4ccc(-c5ccccc5)cc4)nc(-c4ccc(-c5cccc(-c6cc(-c7ccccc7)c7c(ccc8ccccc87)n6)c5)cc4)n3)cc2)cc1. The Morgan fingerprint density at radius 2 is 0.677 bits per heavy atom. The number of fused-ring (bicyclic) bond motifs is 3. The van der Waals surface area contributed by atoms with E-state index in [9.17, 15) is 0 Å². The van der Waals surface area contributed by atoms with Crippen LogP contribution in [0.3, 0.4) is 0 Å². The molecular weight excluding hydrogens is 751 g/mol. The molecule has 0 aliphatic rings. The van der Waals surface area contributed by atoms with Crippen LogP contribution in [0.2, 0.25) is 0 Å². The van der Waals surface area contributed by atoms with Crippen molar-refractivity contribution < 1.29 is 0 Å². The molecule has 9 aromatic carbocycles. The van der Waals surface area contributed by atoms with Crippen molar-refractivity contribution in [2.45, 2.75) is 0 Å². The van der Waals surface area contributed by atoms with Gasteiger partial charge < -0.3 is 0 Å². The predicted octanol–water partition coefficient (Wildman–Crippen LogP) is 15.5. The molecular formula is C59H39N3. The Hall–Kier alpha value is -8.27. The summed E-state index contributed by atoms with van der Waals surface area (Å²) in [5.41, 5.74) is 17.0. The summed E-state index contributed by atoms with van der Waals surface area (Å²) >= 11 is 0. The van der Waals surface area contributed by atoms with Gasteiger partial charge in [-0.3, -0.25) is 0 Å². The minimum Gasteiger partial charge on any atom is -0.248 e. The first kappa shape index (κ1) is 36.8. The molecule has 0 spiro atoms. The topological polar surface area (TPSA) is 38.7 Å². The lowest BCUT2D eigenvalue weighted by atomic mass is 9.94. The van der Waals surface area contributed by atoms with Gasteiger partial charge in [0.25, 0.3) is 0 Å². The van der Waals surface area contributed by atoms with Crippen LogP contribution in [0.15, 0.2) is 237 Å². The van der Waals surface area contributed by atoms with Crippen LogP contribution in [-0.2, 0) is 0 Å². The maximum absolute atomic E-state index is 5.26. The van der Waals surface area contributed by atoms with Gasteiger partial charge in [0, 0.05) is 27.6 Å². The molecule has 0 fully saturated rings. The van der Waals surface area contributed by atoms with Gasteiger partial charge in [-0.2, -0.15) is 0 Å². The zero-order valence-corrected chi connectivity index (χ0v) is 33.9. The van der Waals surface area contributed by atoms with Gasteiger partial charge in [-0.1, -0.05) is 212 Å². The number of benzene rings is 9. The molecule has 0 N–H and O–H groups in total. The third-order valence-electron chi connectivity index (χ3n) is 11.7. The summed E-state index contributed by atoms with van der Waals surface area (Å²) in [5.74, 6) is 0.679. The smallest absolute Gasteiger partial charge is 0.160 e. The Balaban J connectivity index is 0.954. The van der Waals surface area contributed by atoms with Crippen LogP contribution in [0.4, 0.5) is 0 Å². The van der Waals surface area contributed by atoms with Gasteiger partial charge in [0.1, 0.15) is 0 Å². The molecule has 3 nitrogen and oxygen atoms in total. The minimum absolute atomic E-state index is 0.679. The fourth-order valence-corrected chi connectivity index (χ4v) is 8.47. The van der Waals surface area contributed by atoms with Crippen molar-refractivity contribution in [3.05, 3.63) is 237 Å². The maximum Gasteiger partial charge on any atom is 0.160 e. The molecule has 11 aromatic rings. The van der Waals surface area contributed by atoms with E-state index < -0.39 is 0 Å². The molecule has 0 aliphatic carbocycles. The standard InChI is InChI=1S/C59H39N3/c1-4-13-40(14-5-1)42-23-29-47(30-24-42)56-39-57(48-31-25-43(26-32-48)41-15-6-2-7-16-41)62-59(61-56)49-33-27-44(28-34-49)50-20-12-21-51(37-50)55-38-53(45-17-8-3-9-18-45)58-52-22-11-10-19-46(52)35-36-54(58)60-55/h1-39H. The Labute approximate surface area is 361 Å². The third-order valence-corrected chi connectivity index (χ3v) is 11.7. The minimum atomic E-state index is 0.679. The highest BCUT2D eigenvalue weighted by Gasteiger charge is 2.15. The molecule has 11 rings (SSSR count). The van der Waals surface area contributed by atoms with Crippen LogP contribution in [0.5, 0.6) is 0 Å². The summed E-state index contributed by atoms with van der Waals surface area (Å²) in [6, 6.07) is 83.4. The Morgan fingerprint density at radius 1 is 0.242 bits per heavy atom. The molecule has 0 saturated heterocycles. The van der Waals surface area contributed by atoms with E-state index in [1.54, 1.807) is 0 Å². The molecule has 62 heavy (non-hydrogen) atoms. The fourth-order valence-electron chi connectivity index (χ4n) is 8.47. The van der Waals surface area contributed by atoms with Crippen molar-refractivity contribution in [1.29, 1.82) is 0 Å². The summed E-state index contributed by atoms with van der Waals surface area (Å²) in [6.07, 6.45) is 0. The molecule has 3 heteroatoms. The van der Waals surface area contributed by atoms with Gasteiger partial charge in [-0.25, -0.2) is 15.0 Å². The van der Waals surface area contributed by atoms with Crippen molar-refractivity contribution in [3.63, 3.8) is 0 Å². The lowest BCUT2D eigenvalue weighted by Gasteiger charge is -2.14. The second-order valence-corrected chi connectivity index (χ2v) is 15.6. The largest absolute Gasteiger partial charge is 0.248 e. The van der Waals surface area contributed by atoms with Gasteiger partial charge >= 0.3 is 0 Å². The lowest BCUT2D eigenvalue weighted by molar-refractivity contribution is 1.18. The Kier molecular flexibility index (Phi) is 9.53. The second kappa shape index (κ2) is 16.1. The molecule has 0 atom stereocenters. The molecule has 0 radical (unpaired) electrons. The van der Waals surface area contributed by atoms with Crippen molar-refractivity contribution >= 4 is 21.7 Å². The molecule has 0 saturated carbocycles. The molecule has 0 bridgehead atoms. The summed E-state index contributed by atoms with van der Waals surface area (Å²) < 4.78 is 0. The molecule has 290 valence electrons. The Morgan fingerprint density at radius 3 is 1.27 bits per heavy atom. The highest BCUT2D eigenvalue weighted by atomic mass is 14.9. The van der Waals surface area contributed by atoms with E-state index in [-0.39, 0.29) is 0 Å². The molecule has 2 aromatic heterocycles. The van der Waals surface area contributed by atoms with Crippen molar-refractivity contribution in [2.75, 3.05) is 0 Å². The summed E-state index contributed by atoms with van der Waals surface area (Å²) in [7, 11) is 0. The summed E-state index contributed by atoms with van der Waals surface area (Å²) in [5, 5.41) is 3.59. The first-order valence-electron chi connectivity index (χ1n) is 21.0. The van der Waals surface area contributed by atoms with E-state index in [0.29, 0.717) is 5.82 Å². The quantitative estimate of drug-likeness (QED) is 0.144. The first-order valence-corrected chi connectivity index (χ1v) is 21.0. The molecule has 2 heterocycles. The van der Waals surface area contributed by atoms with E-state index >= 15 is 0 Å². The Bertz CT molecular complexity index is 3240. The van der Waals surface area contributed by atoms with Crippen LogP contribution < -0.4 is 0 Å². The second-order valence-electron chi connectivity index (χ2n) is 15.6. The van der Waals surface area contributed by atoms with Crippen LogP contribution in [0, 0.1) is 0 Å². The maximum atomic E-state index is 5.26. The highest BCUT2D eigenvalue weighted by Crippen LogP contribution is 2.38. The number of nitrogens with zero attached hydrogens (tertiary/aromatic N) is 3. The van der Waals surface area contributed by atoms with Crippen molar-refractivity contribution in [1.82, 2.24) is 15.0 Å². The van der Waals surface area contributed by atoms with Crippen LogP contribution in [-0.4, -0.2) is 15.0 Å². The summed E-state index contributed by atoms with van der Waals surface area (Å²) in [4.78, 5) is 15.6. The van der Waals surface area contributed by atoms with E-state index in [1.165, 1.54) is 49.5 Å². The van der Waals surface area contributed by atoms with Gasteiger partial charge in [0.05, 0.1) is 22.6 Å². The van der Waals surface area contributed by atoms with Gasteiger partial charge in [0.15, 0.2) is 5.82 Å². The molecule has 0 aliphatic heterocycles. The molecule has 0 amide bonds. The number of hydrogen-bond acceptors (Lipinski definition) is 3. The zero-order valence-electron chi connectivity index (χ0n) is 33.9. The van der Waals surface area contributed by atoms with Crippen LogP contribution in [0.25, 0.3) is 111 Å². The van der Waals surface area contributed by atoms with E-state index in [0.717, 1.165) is 56.0 Å². The number of rotatable bonds is 8. The van der Waals surface area contributed by atoms with Crippen LogP contribution >= 0.6 is 0 Å². The first-order chi connectivity index (χ1) is 30.7. The third kappa shape index (κ3) is 7.23.